The molecular formula is C25H22O6. The van der Waals surface area contributed by atoms with Gasteiger partial charge in [0, 0.05) is 11.5 Å². The normalized spacial score (nSPS) is 22.0. The van der Waals surface area contributed by atoms with E-state index in [2.05, 4.69) is 0 Å². The Labute approximate surface area is 179 Å². The zero-order valence-corrected chi connectivity index (χ0v) is 17.5. The van der Waals surface area contributed by atoms with Crippen LogP contribution in [0.3, 0.4) is 0 Å². The summed E-state index contributed by atoms with van der Waals surface area (Å²) < 4.78 is 22.0. The summed E-state index contributed by atoms with van der Waals surface area (Å²) in [6, 6.07) is 15.4. The zero-order chi connectivity index (χ0) is 21.7. The smallest absolute Gasteiger partial charge is 0.310 e. The Kier molecular flexibility index (Phi) is 4.58. The van der Waals surface area contributed by atoms with Crippen molar-refractivity contribution < 1.29 is 28.5 Å². The third-order valence-electron chi connectivity index (χ3n) is 6.40. The minimum absolute atomic E-state index is 0.0414. The lowest BCUT2D eigenvalue weighted by molar-refractivity contribution is -0.141. The molecule has 1 aliphatic heterocycles. The summed E-state index contributed by atoms with van der Waals surface area (Å²) in [7, 11) is 4.66. The molecule has 158 valence electrons. The van der Waals surface area contributed by atoms with Gasteiger partial charge in [0.05, 0.1) is 33.2 Å². The Hall–Kier alpha value is -3.54. The highest BCUT2D eigenvalue weighted by atomic mass is 16.5. The minimum Gasteiger partial charge on any atom is -0.493 e. The van der Waals surface area contributed by atoms with Crippen LogP contribution in [0.15, 0.2) is 48.5 Å². The van der Waals surface area contributed by atoms with Gasteiger partial charge in [0.15, 0.2) is 17.3 Å². The number of ether oxygens (including phenoxy) is 4. The van der Waals surface area contributed by atoms with Crippen molar-refractivity contribution in [1.82, 2.24) is 0 Å². The average molecular weight is 418 g/mol. The molecule has 1 aliphatic carbocycles. The molecule has 1 fully saturated rings. The maximum atomic E-state index is 13.3. The van der Waals surface area contributed by atoms with Gasteiger partial charge in [0.1, 0.15) is 6.61 Å². The van der Waals surface area contributed by atoms with Crippen LogP contribution < -0.4 is 14.2 Å². The predicted molar refractivity (Wildman–Crippen MR) is 114 cm³/mol. The van der Waals surface area contributed by atoms with Crippen molar-refractivity contribution in [1.29, 1.82) is 0 Å². The summed E-state index contributed by atoms with van der Waals surface area (Å²) >= 11 is 0. The first-order chi connectivity index (χ1) is 15.1. The average Bonchev–Trinajstić information content (AvgIpc) is 3.19. The minimum atomic E-state index is -0.603. The fourth-order valence-electron chi connectivity index (χ4n) is 5.02. The summed E-state index contributed by atoms with van der Waals surface area (Å²) in [5.74, 6) is -0.413. The number of cyclic esters (lactones) is 1. The molecule has 3 atom stereocenters. The highest BCUT2D eigenvalue weighted by Gasteiger charge is 2.52. The first-order valence-electron chi connectivity index (χ1n) is 10.1. The molecule has 6 nitrogen and oxygen atoms in total. The highest BCUT2D eigenvalue weighted by Crippen LogP contribution is 2.51. The van der Waals surface area contributed by atoms with Crippen molar-refractivity contribution in [3.63, 3.8) is 0 Å². The lowest BCUT2D eigenvalue weighted by Crippen LogP contribution is -2.36. The number of methoxy groups -OCH3 is 3. The molecule has 3 aromatic carbocycles. The standard InChI is InChI=1S/C25H22O6/c1-28-18-10-14(11-19(29-2)24(18)30-3)20-21-15-7-5-4-6-13(15)8-9-16(21)23(26)17-12-31-25(27)22(17)20/h4-11,17,20,22H,12H2,1-3H3/t17-,20-,22-/m1/s1. The Morgan fingerprint density at radius 1 is 0.903 bits per heavy atom. The molecule has 0 aromatic heterocycles. The first kappa shape index (κ1) is 19.4. The van der Waals surface area contributed by atoms with E-state index < -0.39 is 11.8 Å². The second-order valence-corrected chi connectivity index (χ2v) is 7.81. The Morgan fingerprint density at radius 2 is 1.61 bits per heavy atom. The molecule has 1 heterocycles. The number of Topliss-reactive ketones (excluding diaryl/α,β-unsaturated/α-hetero) is 1. The van der Waals surface area contributed by atoms with E-state index in [4.69, 9.17) is 18.9 Å². The number of carbonyl (C=O) groups is 2. The van der Waals surface area contributed by atoms with Gasteiger partial charge in [-0.2, -0.15) is 0 Å². The van der Waals surface area contributed by atoms with Crippen molar-refractivity contribution >= 4 is 22.5 Å². The quantitative estimate of drug-likeness (QED) is 0.597. The lowest BCUT2D eigenvalue weighted by atomic mass is 9.66. The van der Waals surface area contributed by atoms with E-state index in [0.29, 0.717) is 22.8 Å². The highest BCUT2D eigenvalue weighted by molar-refractivity contribution is 6.09. The van der Waals surface area contributed by atoms with Gasteiger partial charge in [-0.3, -0.25) is 9.59 Å². The molecule has 0 bridgehead atoms. The number of fused-ring (bicyclic) bond motifs is 4. The van der Waals surface area contributed by atoms with E-state index in [1.807, 2.05) is 48.5 Å². The van der Waals surface area contributed by atoms with Gasteiger partial charge in [-0.1, -0.05) is 36.4 Å². The fraction of sp³-hybridized carbons (Fsp3) is 0.280. The number of hydrogen-bond acceptors (Lipinski definition) is 6. The van der Waals surface area contributed by atoms with Crippen molar-refractivity contribution in [2.24, 2.45) is 11.8 Å². The third kappa shape index (κ3) is 2.78. The van der Waals surface area contributed by atoms with Crippen LogP contribution in [0.25, 0.3) is 10.8 Å². The van der Waals surface area contributed by atoms with Crippen molar-refractivity contribution in [3.05, 3.63) is 65.2 Å². The van der Waals surface area contributed by atoms with Crippen molar-refractivity contribution in [2.75, 3.05) is 27.9 Å². The third-order valence-corrected chi connectivity index (χ3v) is 6.40. The molecule has 31 heavy (non-hydrogen) atoms. The van der Waals surface area contributed by atoms with Crippen LogP contribution in [0.2, 0.25) is 0 Å². The Bertz CT molecular complexity index is 1190. The van der Waals surface area contributed by atoms with E-state index in [1.54, 1.807) is 21.3 Å². The van der Waals surface area contributed by atoms with E-state index in [9.17, 15) is 9.59 Å². The molecule has 6 heteroatoms. The van der Waals surface area contributed by atoms with E-state index in [0.717, 1.165) is 21.9 Å². The van der Waals surface area contributed by atoms with E-state index in [-0.39, 0.29) is 24.3 Å². The first-order valence-corrected chi connectivity index (χ1v) is 10.1. The van der Waals surface area contributed by atoms with Crippen LogP contribution in [0.4, 0.5) is 0 Å². The van der Waals surface area contributed by atoms with Crippen molar-refractivity contribution in [3.8, 4) is 17.2 Å². The van der Waals surface area contributed by atoms with Gasteiger partial charge in [-0.25, -0.2) is 0 Å². The SMILES string of the molecule is COc1cc([C@@H]2c3c(ccc4ccccc34)C(=O)[C@@H]3COC(=O)[C@@H]23)cc(OC)c1OC. The molecular weight excluding hydrogens is 396 g/mol. The van der Waals surface area contributed by atoms with Crippen LogP contribution in [0.1, 0.15) is 27.4 Å². The molecule has 0 amide bonds. The van der Waals surface area contributed by atoms with E-state index in [1.165, 1.54) is 0 Å². The molecule has 0 unspecified atom stereocenters. The molecule has 0 saturated carbocycles. The van der Waals surface area contributed by atoms with Gasteiger partial charge in [0.2, 0.25) is 5.75 Å². The maximum absolute atomic E-state index is 13.3. The summed E-state index contributed by atoms with van der Waals surface area (Å²) in [6.45, 7) is 0.107. The molecule has 0 N–H and O–H groups in total. The molecule has 5 rings (SSSR count). The van der Waals surface area contributed by atoms with Crippen LogP contribution in [0, 0.1) is 11.8 Å². The summed E-state index contributed by atoms with van der Waals surface area (Å²) in [5.41, 5.74) is 2.29. The fourth-order valence-corrected chi connectivity index (χ4v) is 5.02. The summed E-state index contributed by atoms with van der Waals surface area (Å²) in [6.07, 6.45) is 0. The van der Waals surface area contributed by atoms with Gasteiger partial charge in [0.25, 0.3) is 0 Å². The predicted octanol–water partition coefficient (Wildman–Crippen LogP) is 3.98. The number of benzene rings is 3. The molecule has 1 saturated heterocycles. The number of carbonyl (C=O) groups excluding carboxylic acids is 2. The largest absolute Gasteiger partial charge is 0.493 e. The Balaban J connectivity index is 1.84. The number of hydrogen-bond donors (Lipinski definition) is 0. The van der Waals surface area contributed by atoms with E-state index >= 15 is 0 Å². The maximum Gasteiger partial charge on any atom is 0.310 e. The van der Waals surface area contributed by atoms with Crippen LogP contribution in [-0.4, -0.2) is 39.7 Å². The number of rotatable bonds is 4. The molecule has 2 aliphatic rings. The summed E-state index contributed by atoms with van der Waals surface area (Å²) in [5, 5.41) is 1.96. The van der Waals surface area contributed by atoms with Crippen LogP contribution in [-0.2, 0) is 9.53 Å². The van der Waals surface area contributed by atoms with Gasteiger partial charge < -0.3 is 18.9 Å². The number of ketones is 1. The van der Waals surface area contributed by atoms with Gasteiger partial charge in [-0.15, -0.1) is 0 Å². The molecule has 0 spiro atoms. The Morgan fingerprint density at radius 3 is 2.29 bits per heavy atom. The second-order valence-electron chi connectivity index (χ2n) is 7.81. The molecule has 0 radical (unpaired) electrons. The van der Waals surface area contributed by atoms with Crippen molar-refractivity contribution in [2.45, 2.75) is 5.92 Å². The van der Waals surface area contributed by atoms with Crippen LogP contribution in [0.5, 0.6) is 17.2 Å². The lowest BCUT2D eigenvalue weighted by Gasteiger charge is -2.33. The topological polar surface area (TPSA) is 71.1 Å². The second kappa shape index (κ2) is 7.30. The number of esters is 1. The monoisotopic (exact) mass is 418 g/mol. The molecule has 3 aromatic rings. The zero-order valence-electron chi connectivity index (χ0n) is 17.5. The summed E-state index contributed by atoms with van der Waals surface area (Å²) in [4.78, 5) is 26.2. The van der Waals surface area contributed by atoms with Crippen LogP contribution >= 0.6 is 0 Å². The van der Waals surface area contributed by atoms with Gasteiger partial charge >= 0.3 is 5.97 Å². The van der Waals surface area contributed by atoms with Gasteiger partial charge in [-0.05, 0) is 34.0 Å².